The van der Waals surface area contributed by atoms with Gasteiger partial charge >= 0.3 is 0 Å². The second-order valence-electron chi connectivity index (χ2n) is 4.17. The smallest absolute Gasteiger partial charge is 0.267 e. The minimum Gasteiger partial charge on any atom is -0.396 e. The van der Waals surface area contributed by atoms with Crippen LogP contribution in [0.2, 0.25) is 0 Å². The number of sulfonamides is 1. The monoisotopic (exact) mass is 281 g/mol. The van der Waals surface area contributed by atoms with Crippen LogP contribution >= 0.6 is 0 Å². The van der Waals surface area contributed by atoms with Crippen molar-refractivity contribution in [1.82, 2.24) is 15.2 Å². The van der Waals surface area contributed by atoms with E-state index in [1.54, 1.807) is 19.9 Å². The number of rotatable bonds is 3. The van der Waals surface area contributed by atoms with E-state index in [-0.39, 0.29) is 4.90 Å². The first-order valence-electron chi connectivity index (χ1n) is 5.55. The van der Waals surface area contributed by atoms with Crippen molar-refractivity contribution in [3.63, 3.8) is 0 Å². The number of nitrogens with two attached hydrogens (primary N) is 1. The van der Waals surface area contributed by atoms with Gasteiger partial charge in [-0.1, -0.05) is 0 Å². The van der Waals surface area contributed by atoms with Gasteiger partial charge in [0, 0.05) is 13.2 Å². The number of aromatic nitrogens is 3. The zero-order valence-corrected chi connectivity index (χ0v) is 11.7. The fourth-order valence-corrected chi connectivity index (χ4v) is 3.42. The Hall–Kier alpha value is -2.09. The number of pyridine rings is 1. The lowest BCUT2D eigenvalue weighted by Crippen LogP contribution is -2.28. The van der Waals surface area contributed by atoms with E-state index >= 15 is 0 Å². The predicted octanol–water partition coefficient (Wildman–Crippen LogP) is 0.829. The Balaban J connectivity index is 2.55. The highest BCUT2D eigenvalue weighted by Crippen LogP contribution is 2.28. The normalized spacial score (nSPS) is 11.5. The first-order chi connectivity index (χ1) is 8.85. The molecule has 0 unspecified atom stereocenters. The highest BCUT2D eigenvalue weighted by atomic mass is 32.2. The van der Waals surface area contributed by atoms with Gasteiger partial charge in [-0.3, -0.25) is 14.4 Å². The molecule has 3 N–H and O–H groups in total. The van der Waals surface area contributed by atoms with Crippen LogP contribution in [-0.4, -0.2) is 30.6 Å². The van der Waals surface area contributed by atoms with Crippen LogP contribution in [0.3, 0.4) is 0 Å². The molecule has 0 aliphatic heterocycles. The van der Waals surface area contributed by atoms with Crippen LogP contribution in [0.15, 0.2) is 23.4 Å². The molecular weight excluding hydrogens is 266 g/mol. The number of hydrogen-bond donors (Lipinski definition) is 2. The molecule has 0 amide bonds. The number of nitrogens with one attached hydrogen (secondary N) is 1. The summed E-state index contributed by atoms with van der Waals surface area (Å²) in [5.41, 5.74) is 7.36. The van der Waals surface area contributed by atoms with E-state index in [9.17, 15) is 8.42 Å². The third-order valence-corrected chi connectivity index (χ3v) is 4.88. The van der Waals surface area contributed by atoms with E-state index in [1.807, 2.05) is 0 Å². The largest absolute Gasteiger partial charge is 0.396 e. The highest BCUT2D eigenvalue weighted by molar-refractivity contribution is 7.93. The van der Waals surface area contributed by atoms with E-state index in [1.165, 1.54) is 19.4 Å². The molecule has 19 heavy (non-hydrogen) atoms. The average molecular weight is 281 g/mol. The van der Waals surface area contributed by atoms with Gasteiger partial charge < -0.3 is 5.73 Å². The maximum absolute atomic E-state index is 12.6. The maximum Gasteiger partial charge on any atom is 0.267 e. The van der Waals surface area contributed by atoms with Gasteiger partial charge in [0.05, 0.1) is 29.0 Å². The molecule has 0 fully saturated rings. The van der Waals surface area contributed by atoms with E-state index in [0.717, 1.165) is 4.31 Å². The number of nitrogens with zero attached hydrogens (tertiary/aromatic N) is 3. The Morgan fingerprint density at radius 3 is 2.58 bits per heavy atom. The Morgan fingerprint density at radius 2 is 2.05 bits per heavy atom. The lowest BCUT2D eigenvalue weighted by Gasteiger charge is -2.20. The van der Waals surface area contributed by atoms with Crippen LogP contribution in [0.25, 0.3) is 0 Å². The van der Waals surface area contributed by atoms with E-state index < -0.39 is 10.0 Å². The minimum absolute atomic E-state index is 0.172. The van der Waals surface area contributed by atoms with Crippen molar-refractivity contribution >= 4 is 21.4 Å². The zero-order valence-electron chi connectivity index (χ0n) is 10.9. The summed E-state index contributed by atoms with van der Waals surface area (Å²) >= 11 is 0. The average Bonchev–Trinajstić information content (AvgIpc) is 2.69. The molecule has 2 heterocycles. The first kappa shape index (κ1) is 13.3. The number of aryl methyl sites for hydroxylation is 2. The summed E-state index contributed by atoms with van der Waals surface area (Å²) in [6.07, 6.45) is 2.91. The minimum atomic E-state index is -3.70. The fraction of sp³-hybridized carbons (Fsp3) is 0.273. The van der Waals surface area contributed by atoms with Gasteiger partial charge in [0.2, 0.25) is 0 Å². The molecule has 0 aliphatic carbocycles. The van der Waals surface area contributed by atoms with Gasteiger partial charge in [-0.2, -0.15) is 5.10 Å². The Kier molecular flexibility index (Phi) is 3.19. The molecule has 0 aliphatic rings. The molecule has 0 aromatic carbocycles. The van der Waals surface area contributed by atoms with Crippen molar-refractivity contribution < 1.29 is 8.42 Å². The van der Waals surface area contributed by atoms with Crippen molar-refractivity contribution in [3.8, 4) is 0 Å². The number of nitrogen functional groups attached to an aromatic ring is 1. The quantitative estimate of drug-likeness (QED) is 0.867. The van der Waals surface area contributed by atoms with Gasteiger partial charge in [-0.05, 0) is 19.9 Å². The summed E-state index contributed by atoms with van der Waals surface area (Å²) in [5.74, 6) is 0. The molecule has 2 aromatic heterocycles. The lowest BCUT2D eigenvalue weighted by molar-refractivity contribution is 0.593. The first-order valence-corrected chi connectivity index (χ1v) is 6.99. The van der Waals surface area contributed by atoms with Crippen molar-refractivity contribution in [1.29, 1.82) is 0 Å². The molecular formula is C11H15N5O2S. The molecule has 8 heteroatoms. The molecule has 7 nitrogen and oxygen atoms in total. The fourth-order valence-electron chi connectivity index (χ4n) is 1.87. The Morgan fingerprint density at radius 1 is 1.37 bits per heavy atom. The molecule has 0 radical (unpaired) electrons. The van der Waals surface area contributed by atoms with E-state index in [2.05, 4.69) is 15.2 Å². The van der Waals surface area contributed by atoms with E-state index in [4.69, 9.17) is 5.73 Å². The Bertz CT molecular complexity index is 688. The van der Waals surface area contributed by atoms with Crippen LogP contribution in [-0.2, 0) is 10.0 Å². The van der Waals surface area contributed by atoms with Crippen molar-refractivity contribution in [2.45, 2.75) is 18.7 Å². The summed E-state index contributed by atoms with van der Waals surface area (Å²) in [6, 6.07) is 1.55. The molecule has 0 atom stereocenters. The van der Waals surface area contributed by atoms with Crippen LogP contribution in [0.4, 0.5) is 11.4 Å². The summed E-state index contributed by atoms with van der Waals surface area (Å²) < 4.78 is 26.3. The SMILES string of the molecule is Cc1n[nH]c(C)c1S(=O)(=O)N(C)c1ccncc1N. The number of aromatic amines is 1. The highest BCUT2D eigenvalue weighted by Gasteiger charge is 2.28. The molecule has 0 saturated carbocycles. The van der Waals surface area contributed by atoms with Crippen molar-refractivity contribution in [2.75, 3.05) is 17.1 Å². The van der Waals surface area contributed by atoms with Gasteiger partial charge in [0.15, 0.2) is 0 Å². The molecule has 2 rings (SSSR count). The van der Waals surface area contributed by atoms with Crippen LogP contribution in [0.5, 0.6) is 0 Å². The predicted molar refractivity (Wildman–Crippen MR) is 72.3 cm³/mol. The standard InChI is InChI=1S/C11H15N5O2S/c1-7-11(8(2)15-14-7)19(17,18)16(3)10-4-5-13-6-9(10)12/h4-6H,12H2,1-3H3,(H,14,15). The molecule has 0 bridgehead atoms. The molecule has 2 aromatic rings. The van der Waals surface area contributed by atoms with Gasteiger partial charge in [-0.15, -0.1) is 0 Å². The second-order valence-corrected chi connectivity index (χ2v) is 6.08. The molecule has 0 saturated heterocycles. The summed E-state index contributed by atoms with van der Waals surface area (Å²) in [5, 5.41) is 6.57. The van der Waals surface area contributed by atoms with Gasteiger partial charge in [0.1, 0.15) is 4.90 Å². The Labute approximate surface area is 111 Å². The molecule has 102 valence electrons. The van der Waals surface area contributed by atoms with Crippen LogP contribution in [0.1, 0.15) is 11.4 Å². The number of anilines is 2. The molecule has 0 spiro atoms. The number of hydrogen-bond acceptors (Lipinski definition) is 5. The summed E-state index contributed by atoms with van der Waals surface area (Å²) in [7, 11) is -2.25. The second kappa shape index (κ2) is 4.54. The third kappa shape index (κ3) is 2.14. The number of H-pyrrole nitrogens is 1. The zero-order chi connectivity index (χ0) is 14.2. The summed E-state index contributed by atoms with van der Waals surface area (Å²) in [6.45, 7) is 3.30. The van der Waals surface area contributed by atoms with Crippen LogP contribution in [0, 0.1) is 13.8 Å². The topological polar surface area (TPSA) is 105 Å². The van der Waals surface area contributed by atoms with Crippen LogP contribution < -0.4 is 10.0 Å². The van der Waals surface area contributed by atoms with E-state index in [0.29, 0.717) is 22.8 Å². The van der Waals surface area contributed by atoms with Gasteiger partial charge in [-0.25, -0.2) is 8.42 Å². The van der Waals surface area contributed by atoms with Crippen molar-refractivity contribution in [3.05, 3.63) is 29.8 Å². The van der Waals surface area contributed by atoms with Gasteiger partial charge in [0.25, 0.3) is 10.0 Å². The van der Waals surface area contributed by atoms with Crippen molar-refractivity contribution in [2.24, 2.45) is 0 Å². The lowest BCUT2D eigenvalue weighted by atomic mass is 10.3. The maximum atomic E-state index is 12.6. The summed E-state index contributed by atoms with van der Waals surface area (Å²) in [4.78, 5) is 4.01. The third-order valence-electron chi connectivity index (χ3n) is 2.85.